The van der Waals surface area contributed by atoms with Crippen molar-refractivity contribution in [2.75, 3.05) is 18.4 Å². The van der Waals surface area contributed by atoms with E-state index in [-0.39, 0.29) is 5.91 Å². The van der Waals surface area contributed by atoms with Crippen LogP contribution in [0.1, 0.15) is 48.9 Å². The van der Waals surface area contributed by atoms with Gasteiger partial charge < -0.3 is 10.6 Å². The quantitative estimate of drug-likeness (QED) is 0.519. The van der Waals surface area contributed by atoms with Gasteiger partial charge in [0.25, 0.3) is 0 Å². The second kappa shape index (κ2) is 10.2. The van der Waals surface area contributed by atoms with Crippen LogP contribution in [0.2, 0.25) is 0 Å². The number of nitrogens with one attached hydrogen (secondary N) is 2. The highest BCUT2D eigenvalue weighted by Gasteiger charge is 2.10. The van der Waals surface area contributed by atoms with Crippen molar-refractivity contribution < 1.29 is 4.79 Å². The molecule has 1 aliphatic rings. The van der Waals surface area contributed by atoms with Crippen LogP contribution in [0.5, 0.6) is 0 Å². The third kappa shape index (κ3) is 5.56. The molecule has 0 bridgehead atoms. The van der Waals surface area contributed by atoms with Crippen molar-refractivity contribution in [3.63, 3.8) is 0 Å². The van der Waals surface area contributed by atoms with Gasteiger partial charge in [0, 0.05) is 36.8 Å². The highest BCUT2D eigenvalue weighted by atomic mass is 16.1. The van der Waals surface area contributed by atoms with Gasteiger partial charge in [-0.15, -0.1) is 0 Å². The van der Waals surface area contributed by atoms with Gasteiger partial charge in [-0.25, -0.2) is 4.98 Å². The first-order chi connectivity index (χ1) is 14.8. The summed E-state index contributed by atoms with van der Waals surface area (Å²) in [4.78, 5) is 21.3. The van der Waals surface area contributed by atoms with Gasteiger partial charge in [-0.2, -0.15) is 0 Å². The highest BCUT2D eigenvalue weighted by molar-refractivity contribution is 5.78. The molecule has 156 valence electrons. The number of anilines is 1. The zero-order valence-corrected chi connectivity index (χ0v) is 17.5. The molecule has 3 aromatic rings. The van der Waals surface area contributed by atoms with E-state index in [4.69, 9.17) is 4.98 Å². The summed E-state index contributed by atoms with van der Waals surface area (Å²) in [6, 6.07) is 14.7. The molecule has 5 nitrogen and oxygen atoms in total. The predicted molar refractivity (Wildman–Crippen MR) is 122 cm³/mol. The number of nitrogens with zero attached hydrogens (tertiary/aromatic N) is 2. The number of benzene rings is 1. The molecule has 0 fully saturated rings. The molecule has 4 rings (SSSR count). The monoisotopic (exact) mass is 402 g/mol. The summed E-state index contributed by atoms with van der Waals surface area (Å²) < 4.78 is 0. The number of fused-ring (bicyclic) bond motifs is 2. The molecule has 0 aliphatic carbocycles. The summed E-state index contributed by atoms with van der Waals surface area (Å²) in [5, 5.41) is 7.60. The van der Waals surface area contributed by atoms with E-state index in [0.717, 1.165) is 62.1 Å². The van der Waals surface area contributed by atoms with Gasteiger partial charge in [-0.05, 0) is 74.3 Å². The maximum Gasteiger partial charge on any atom is 0.219 e. The van der Waals surface area contributed by atoms with Crippen LogP contribution in [-0.4, -0.2) is 29.0 Å². The average Bonchev–Trinajstić information content (AvgIpc) is 2.79. The Morgan fingerprint density at radius 3 is 2.97 bits per heavy atom. The molecule has 0 unspecified atom stereocenters. The summed E-state index contributed by atoms with van der Waals surface area (Å²) in [6.07, 6.45) is 9.49. The zero-order valence-electron chi connectivity index (χ0n) is 17.5. The average molecular weight is 403 g/mol. The number of hydrogen-bond acceptors (Lipinski definition) is 4. The van der Waals surface area contributed by atoms with Gasteiger partial charge in [0.1, 0.15) is 5.82 Å². The molecule has 30 heavy (non-hydrogen) atoms. The Balaban J connectivity index is 1.11. The molecule has 1 aliphatic heterocycles. The normalized spacial score (nSPS) is 12.9. The van der Waals surface area contributed by atoms with Crippen molar-refractivity contribution >= 4 is 22.6 Å². The van der Waals surface area contributed by atoms with Gasteiger partial charge in [-0.3, -0.25) is 9.78 Å². The zero-order chi connectivity index (χ0) is 20.6. The molecule has 0 radical (unpaired) electrons. The van der Waals surface area contributed by atoms with Crippen LogP contribution in [0.3, 0.4) is 0 Å². The molecule has 1 aromatic carbocycles. The van der Waals surface area contributed by atoms with E-state index >= 15 is 0 Å². The van der Waals surface area contributed by atoms with Crippen molar-refractivity contribution in [2.24, 2.45) is 0 Å². The van der Waals surface area contributed by atoms with Gasteiger partial charge in [0.2, 0.25) is 5.91 Å². The van der Waals surface area contributed by atoms with Crippen molar-refractivity contribution in [2.45, 2.75) is 51.4 Å². The summed E-state index contributed by atoms with van der Waals surface area (Å²) in [6.45, 7) is 1.73. The van der Waals surface area contributed by atoms with Gasteiger partial charge >= 0.3 is 0 Å². The first kappa shape index (κ1) is 20.3. The van der Waals surface area contributed by atoms with E-state index in [1.807, 2.05) is 24.4 Å². The molecule has 5 heteroatoms. The van der Waals surface area contributed by atoms with Gasteiger partial charge in [-0.1, -0.05) is 24.3 Å². The molecular formula is C25H30N4O. The van der Waals surface area contributed by atoms with E-state index < -0.39 is 0 Å². The van der Waals surface area contributed by atoms with Crippen LogP contribution in [-0.2, 0) is 24.1 Å². The second-order valence-corrected chi connectivity index (χ2v) is 8.04. The van der Waals surface area contributed by atoms with Crippen molar-refractivity contribution in [1.82, 2.24) is 15.3 Å². The molecule has 2 N–H and O–H groups in total. The number of carbonyl (C=O) groups excluding carboxylic acids is 1. The number of para-hydroxylation sites is 1. The molecule has 1 amide bonds. The smallest absolute Gasteiger partial charge is 0.219 e. The Morgan fingerprint density at radius 1 is 1.07 bits per heavy atom. The number of unbranched alkanes of at least 4 members (excludes halogenated alkanes) is 1. The molecule has 0 saturated carbocycles. The Hall–Kier alpha value is -2.95. The first-order valence-corrected chi connectivity index (χ1v) is 11.1. The number of carbonyl (C=O) groups is 1. The van der Waals surface area contributed by atoms with E-state index in [0.29, 0.717) is 13.0 Å². The minimum Gasteiger partial charge on any atom is -0.370 e. The third-order valence-electron chi connectivity index (χ3n) is 5.65. The Labute approximate surface area is 178 Å². The molecule has 0 atom stereocenters. The third-order valence-corrected chi connectivity index (χ3v) is 5.65. The van der Waals surface area contributed by atoms with Gasteiger partial charge in [0.15, 0.2) is 0 Å². The number of pyridine rings is 2. The van der Waals surface area contributed by atoms with Crippen LogP contribution in [0.4, 0.5) is 5.82 Å². The molecule has 3 heterocycles. The summed E-state index contributed by atoms with van der Waals surface area (Å²) in [5.41, 5.74) is 4.68. The van der Waals surface area contributed by atoms with Crippen molar-refractivity contribution in [3.8, 4) is 0 Å². The van der Waals surface area contributed by atoms with E-state index in [1.165, 1.54) is 22.9 Å². The van der Waals surface area contributed by atoms with E-state index in [9.17, 15) is 4.79 Å². The second-order valence-electron chi connectivity index (χ2n) is 8.04. The van der Waals surface area contributed by atoms with Crippen LogP contribution in [0.25, 0.3) is 10.9 Å². The van der Waals surface area contributed by atoms with Crippen molar-refractivity contribution in [3.05, 3.63) is 65.5 Å². The number of aromatic nitrogens is 2. The standard InChI is InChI=1S/C25H30N4O/c30-24(12-4-2-10-22-14-13-20-9-6-16-27-25(20)29-22)26-15-5-7-19-17-21-8-1-3-11-23(21)28-18-19/h1,3,8,11,13-14,17-18H,2,4-7,9-10,12,15-16H2,(H,26,30)(H,27,29). The fourth-order valence-corrected chi connectivity index (χ4v) is 3.96. The van der Waals surface area contributed by atoms with Gasteiger partial charge in [0.05, 0.1) is 5.52 Å². The molecular weight excluding hydrogens is 372 g/mol. The van der Waals surface area contributed by atoms with Crippen molar-refractivity contribution in [1.29, 1.82) is 0 Å². The van der Waals surface area contributed by atoms with Crippen LogP contribution in [0, 0.1) is 0 Å². The lowest BCUT2D eigenvalue weighted by Crippen LogP contribution is -2.24. The lowest BCUT2D eigenvalue weighted by Gasteiger charge is -2.17. The summed E-state index contributed by atoms with van der Waals surface area (Å²) in [5.74, 6) is 1.20. The SMILES string of the molecule is O=C(CCCCc1ccc2c(n1)NCCC2)NCCCc1cnc2ccccc2c1. The van der Waals surface area contributed by atoms with E-state index in [1.54, 1.807) is 0 Å². The number of amides is 1. The number of aryl methyl sites for hydroxylation is 3. The fourth-order valence-electron chi connectivity index (χ4n) is 3.96. The lowest BCUT2D eigenvalue weighted by atomic mass is 10.1. The Bertz CT molecular complexity index is 1000. The number of rotatable bonds is 9. The molecule has 0 saturated heterocycles. The van der Waals surface area contributed by atoms with Crippen LogP contribution >= 0.6 is 0 Å². The maximum absolute atomic E-state index is 12.1. The lowest BCUT2D eigenvalue weighted by molar-refractivity contribution is -0.121. The van der Waals surface area contributed by atoms with Crippen LogP contribution < -0.4 is 10.6 Å². The van der Waals surface area contributed by atoms with Crippen LogP contribution in [0.15, 0.2) is 48.7 Å². The highest BCUT2D eigenvalue weighted by Crippen LogP contribution is 2.20. The summed E-state index contributed by atoms with van der Waals surface area (Å²) in [7, 11) is 0. The Morgan fingerprint density at radius 2 is 2.00 bits per heavy atom. The van der Waals surface area contributed by atoms with E-state index in [2.05, 4.69) is 39.9 Å². The molecule has 2 aromatic heterocycles. The largest absolute Gasteiger partial charge is 0.370 e. The predicted octanol–water partition coefficient (Wildman–Crippen LogP) is 4.45. The summed E-state index contributed by atoms with van der Waals surface area (Å²) >= 11 is 0. The minimum absolute atomic E-state index is 0.145. The molecule has 0 spiro atoms. The first-order valence-electron chi connectivity index (χ1n) is 11.1. The minimum atomic E-state index is 0.145. The fraction of sp³-hybridized carbons (Fsp3) is 0.400. The maximum atomic E-state index is 12.1. The number of hydrogen-bond donors (Lipinski definition) is 2. The Kier molecular flexibility index (Phi) is 6.91. The topological polar surface area (TPSA) is 66.9 Å².